The Balaban J connectivity index is 2.12. The zero-order chi connectivity index (χ0) is 16.9. The predicted octanol–water partition coefficient (Wildman–Crippen LogP) is 3.73. The van der Waals surface area contributed by atoms with Crippen LogP contribution in [-0.2, 0) is 9.59 Å². The SMILES string of the molecule is CC1=C[C@@H]2C[C@@H](C)CCC(=O)[C@@]23C(=O)N[C@@H](CC(C)C)[C@@H]3[C@@H]1C. The monoisotopic (exact) mass is 317 g/mol. The van der Waals surface area contributed by atoms with Crippen LogP contribution >= 0.6 is 0 Å². The number of rotatable bonds is 2. The molecule has 0 unspecified atom stereocenters. The van der Waals surface area contributed by atoms with E-state index in [4.69, 9.17) is 0 Å². The molecular weight excluding hydrogens is 286 g/mol. The summed E-state index contributed by atoms with van der Waals surface area (Å²) < 4.78 is 0. The highest BCUT2D eigenvalue weighted by Crippen LogP contribution is 2.57. The van der Waals surface area contributed by atoms with E-state index >= 15 is 0 Å². The fraction of sp³-hybridized carbons (Fsp3) is 0.800. The number of nitrogens with one attached hydrogen (secondary N) is 1. The van der Waals surface area contributed by atoms with Crippen molar-refractivity contribution in [3.8, 4) is 0 Å². The van der Waals surface area contributed by atoms with Gasteiger partial charge in [0.15, 0.2) is 0 Å². The molecule has 1 spiro atoms. The van der Waals surface area contributed by atoms with E-state index in [-0.39, 0.29) is 29.6 Å². The molecule has 3 heteroatoms. The molecule has 0 aromatic rings. The summed E-state index contributed by atoms with van der Waals surface area (Å²) in [4.78, 5) is 26.3. The van der Waals surface area contributed by atoms with Gasteiger partial charge in [-0.15, -0.1) is 0 Å². The van der Waals surface area contributed by atoms with Gasteiger partial charge in [-0.3, -0.25) is 9.59 Å². The van der Waals surface area contributed by atoms with Crippen LogP contribution in [0.1, 0.15) is 60.3 Å². The molecule has 3 nitrogen and oxygen atoms in total. The van der Waals surface area contributed by atoms with Gasteiger partial charge >= 0.3 is 0 Å². The van der Waals surface area contributed by atoms with E-state index in [1.165, 1.54) is 5.57 Å². The first-order valence-electron chi connectivity index (χ1n) is 9.31. The summed E-state index contributed by atoms with van der Waals surface area (Å²) in [5.74, 6) is 1.77. The Bertz CT molecular complexity index is 550. The Morgan fingerprint density at radius 1 is 1.30 bits per heavy atom. The minimum absolute atomic E-state index is 0.0212. The summed E-state index contributed by atoms with van der Waals surface area (Å²) in [5.41, 5.74) is 0.575. The fourth-order valence-corrected chi connectivity index (χ4v) is 5.51. The normalized spacial score (nSPS) is 43.6. The third-order valence-electron chi connectivity index (χ3n) is 6.66. The topological polar surface area (TPSA) is 46.2 Å². The van der Waals surface area contributed by atoms with Crippen molar-refractivity contribution < 1.29 is 9.59 Å². The minimum atomic E-state index is -0.788. The molecule has 0 bridgehead atoms. The molecule has 3 rings (SSSR count). The van der Waals surface area contributed by atoms with E-state index in [1.807, 2.05) is 0 Å². The van der Waals surface area contributed by atoms with Crippen molar-refractivity contribution in [2.75, 3.05) is 0 Å². The molecule has 0 aromatic heterocycles. The van der Waals surface area contributed by atoms with Crippen LogP contribution in [0.2, 0.25) is 0 Å². The van der Waals surface area contributed by atoms with Gasteiger partial charge in [-0.05, 0) is 49.9 Å². The molecule has 23 heavy (non-hydrogen) atoms. The number of carbonyl (C=O) groups is 2. The number of hydrogen-bond donors (Lipinski definition) is 1. The lowest BCUT2D eigenvalue weighted by molar-refractivity contribution is -0.146. The second-order valence-corrected chi connectivity index (χ2v) is 8.71. The Kier molecular flexibility index (Phi) is 4.18. The van der Waals surface area contributed by atoms with E-state index in [0.717, 1.165) is 19.3 Å². The zero-order valence-corrected chi connectivity index (χ0v) is 15.2. The van der Waals surface area contributed by atoms with Crippen LogP contribution in [0.5, 0.6) is 0 Å². The summed E-state index contributed by atoms with van der Waals surface area (Å²) >= 11 is 0. The van der Waals surface area contributed by atoms with Crippen LogP contribution < -0.4 is 5.32 Å². The van der Waals surface area contributed by atoms with E-state index < -0.39 is 5.41 Å². The Morgan fingerprint density at radius 3 is 2.65 bits per heavy atom. The van der Waals surface area contributed by atoms with Crippen molar-refractivity contribution in [3.63, 3.8) is 0 Å². The largest absolute Gasteiger partial charge is 0.352 e. The predicted molar refractivity (Wildman–Crippen MR) is 91.7 cm³/mol. The van der Waals surface area contributed by atoms with Crippen molar-refractivity contribution in [3.05, 3.63) is 11.6 Å². The van der Waals surface area contributed by atoms with Gasteiger partial charge in [0.1, 0.15) is 11.2 Å². The smallest absolute Gasteiger partial charge is 0.234 e. The number of carbonyl (C=O) groups excluding carboxylic acids is 2. The summed E-state index contributed by atoms with van der Waals surface area (Å²) in [6, 6.07) is 0.140. The minimum Gasteiger partial charge on any atom is -0.352 e. The van der Waals surface area contributed by atoms with Gasteiger partial charge in [-0.25, -0.2) is 0 Å². The maximum absolute atomic E-state index is 13.2. The number of hydrogen-bond acceptors (Lipinski definition) is 2. The standard InChI is InChI=1S/C20H31NO2/c1-11(2)8-16-18-14(5)13(4)10-15-9-12(3)6-7-17(22)20(15,18)19(23)21-16/h10-12,14-16,18H,6-9H2,1-5H3,(H,21,23)/t12-,14+,15-,16-,18-,20-/m0/s1. The Labute approximate surface area is 140 Å². The lowest BCUT2D eigenvalue weighted by atomic mass is 9.54. The molecule has 1 saturated carbocycles. The fourth-order valence-electron chi connectivity index (χ4n) is 5.51. The van der Waals surface area contributed by atoms with Gasteiger partial charge in [0.25, 0.3) is 0 Å². The second kappa shape index (κ2) is 5.75. The second-order valence-electron chi connectivity index (χ2n) is 8.71. The van der Waals surface area contributed by atoms with Gasteiger partial charge in [0.05, 0.1) is 0 Å². The third kappa shape index (κ3) is 2.38. The summed E-state index contributed by atoms with van der Waals surface area (Å²) in [6.45, 7) is 11.0. The molecule has 0 radical (unpaired) electrons. The average molecular weight is 317 g/mol. The summed E-state index contributed by atoms with van der Waals surface area (Å²) in [6.07, 6.45) is 5.68. The lowest BCUT2D eigenvalue weighted by Crippen LogP contribution is -2.52. The molecule has 1 heterocycles. The van der Waals surface area contributed by atoms with Gasteiger partial charge < -0.3 is 5.32 Å². The highest BCUT2D eigenvalue weighted by molar-refractivity contribution is 6.09. The molecule has 1 saturated heterocycles. The van der Waals surface area contributed by atoms with Crippen LogP contribution in [0.3, 0.4) is 0 Å². The number of allylic oxidation sites excluding steroid dienone is 2. The number of Topliss-reactive ketones (excluding diaryl/α,β-unsaturated/α-hetero) is 1. The molecule has 6 atom stereocenters. The third-order valence-corrected chi connectivity index (χ3v) is 6.66. The highest BCUT2D eigenvalue weighted by atomic mass is 16.2. The Morgan fingerprint density at radius 2 is 2.00 bits per heavy atom. The Hall–Kier alpha value is -1.12. The molecule has 1 aliphatic heterocycles. The van der Waals surface area contributed by atoms with Crippen molar-refractivity contribution in [1.29, 1.82) is 0 Å². The van der Waals surface area contributed by atoms with Crippen LogP contribution in [0.15, 0.2) is 11.6 Å². The molecule has 2 aliphatic carbocycles. The molecule has 128 valence electrons. The quantitative estimate of drug-likeness (QED) is 0.623. The van der Waals surface area contributed by atoms with Gasteiger partial charge in [-0.1, -0.05) is 39.3 Å². The first kappa shape index (κ1) is 16.7. The van der Waals surface area contributed by atoms with Crippen molar-refractivity contribution >= 4 is 11.7 Å². The molecule has 3 aliphatic rings. The first-order valence-corrected chi connectivity index (χ1v) is 9.31. The highest BCUT2D eigenvalue weighted by Gasteiger charge is 2.65. The number of ketones is 1. The molecule has 2 fully saturated rings. The van der Waals surface area contributed by atoms with E-state index in [2.05, 4.69) is 46.0 Å². The molecule has 1 N–H and O–H groups in total. The van der Waals surface area contributed by atoms with Crippen molar-refractivity contribution in [2.24, 2.45) is 35.0 Å². The maximum atomic E-state index is 13.2. The van der Waals surface area contributed by atoms with Crippen LogP contribution in [0, 0.1) is 35.0 Å². The zero-order valence-electron chi connectivity index (χ0n) is 15.2. The molecule has 0 aromatic carbocycles. The summed E-state index contributed by atoms with van der Waals surface area (Å²) in [5, 5.41) is 3.25. The van der Waals surface area contributed by atoms with Gasteiger partial charge in [-0.2, -0.15) is 0 Å². The van der Waals surface area contributed by atoms with E-state index in [1.54, 1.807) is 0 Å². The van der Waals surface area contributed by atoms with Gasteiger partial charge in [0.2, 0.25) is 5.91 Å². The first-order chi connectivity index (χ1) is 10.8. The van der Waals surface area contributed by atoms with Crippen molar-refractivity contribution in [2.45, 2.75) is 66.3 Å². The van der Waals surface area contributed by atoms with Crippen LogP contribution in [0.25, 0.3) is 0 Å². The number of amides is 1. The average Bonchev–Trinajstić information content (AvgIpc) is 2.67. The van der Waals surface area contributed by atoms with Crippen molar-refractivity contribution in [1.82, 2.24) is 5.32 Å². The molecule has 1 amide bonds. The molecular formula is C20H31NO2. The lowest BCUT2D eigenvalue weighted by Gasteiger charge is -2.45. The van der Waals surface area contributed by atoms with Crippen LogP contribution in [0.4, 0.5) is 0 Å². The summed E-state index contributed by atoms with van der Waals surface area (Å²) in [7, 11) is 0. The van der Waals surface area contributed by atoms with E-state index in [0.29, 0.717) is 24.2 Å². The van der Waals surface area contributed by atoms with Crippen LogP contribution in [-0.4, -0.2) is 17.7 Å². The van der Waals surface area contributed by atoms with Gasteiger partial charge in [0, 0.05) is 18.4 Å². The maximum Gasteiger partial charge on any atom is 0.234 e. The van der Waals surface area contributed by atoms with E-state index in [9.17, 15) is 9.59 Å².